The van der Waals surface area contributed by atoms with Crippen molar-refractivity contribution >= 4 is 27.5 Å². The number of fused-ring (bicyclic) bond motifs is 1. The predicted octanol–water partition coefficient (Wildman–Crippen LogP) is 4.53. The molecular formula is C21H22BrFN2O3. The van der Waals surface area contributed by atoms with Crippen molar-refractivity contribution in [3.05, 3.63) is 52.3 Å². The van der Waals surface area contributed by atoms with E-state index in [0.717, 1.165) is 30.9 Å². The number of anilines is 1. The van der Waals surface area contributed by atoms with Gasteiger partial charge in [-0.3, -0.25) is 9.69 Å². The number of amides is 1. The molecule has 0 saturated carbocycles. The van der Waals surface area contributed by atoms with Crippen molar-refractivity contribution in [3.8, 4) is 11.5 Å². The van der Waals surface area contributed by atoms with Gasteiger partial charge in [0.15, 0.2) is 11.5 Å². The van der Waals surface area contributed by atoms with Gasteiger partial charge in [-0.2, -0.15) is 0 Å². The van der Waals surface area contributed by atoms with Crippen LogP contribution in [-0.2, 0) is 4.79 Å². The molecule has 1 saturated heterocycles. The lowest BCUT2D eigenvalue weighted by Gasteiger charge is -2.26. The Morgan fingerprint density at radius 1 is 1.18 bits per heavy atom. The van der Waals surface area contributed by atoms with Gasteiger partial charge in [0.05, 0.1) is 5.69 Å². The molecule has 0 aliphatic carbocycles. The molecule has 148 valence electrons. The van der Waals surface area contributed by atoms with Crippen LogP contribution in [0.1, 0.15) is 30.9 Å². The normalized spacial score (nSPS) is 18.9. The summed E-state index contributed by atoms with van der Waals surface area (Å²) in [5.74, 6) is 0.946. The van der Waals surface area contributed by atoms with E-state index in [9.17, 15) is 9.18 Å². The summed E-state index contributed by atoms with van der Waals surface area (Å²) >= 11 is 3.21. The van der Waals surface area contributed by atoms with E-state index >= 15 is 0 Å². The third-order valence-corrected chi connectivity index (χ3v) is 5.64. The maximum atomic E-state index is 13.9. The number of carbonyl (C=O) groups excluding carboxylic acids is 1. The number of nitrogens with one attached hydrogen (secondary N) is 1. The molecule has 0 bridgehead atoms. The molecule has 7 heteroatoms. The number of benzene rings is 2. The second-order valence-electron chi connectivity index (χ2n) is 7.02. The second-order valence-corrected chi connectivity index (χ2v) is 7.94. The topological polar surface area (TPSA) is 50.8 Å². The number of halogens is 2. The van der Waals surface area contributed by atoms with Crippen molar-refractivity contribution in [1.82, 2.24) is 4.90 Å². The molecule has 1 N–H and O–H groups in total. The van der Waals surface area contributed by atoms with Gasteiger partial charge in [0.1, 0.15) is 19.0 Å². The van der Waals surface area contributed by atoms with Crippen LogP contribution in [0.25, 0.3) is 0 Å². The van der Waals surface area contributed by atoms with Gasteiger partial charge in [-0.15, -0.1) is 0 Å². The Hall–Kier alpha value is -2.12. The molecule has 1 unspecified atom stereocenters. The molecule has 4 rings (SSSR count). The van der Waals surface area contributed by atoms with Gasteiger partial charge in [0.2, 0.25) is 5.91 Å². The lowest BCUT2D eigenvalue weighted by atomic mass is 10.0. The molecule has 1 fully saturated rings. The smallest absolute Gasteiger partial charge is 0.225 e. The summed E-state index contributed by atoms with van der Waals surface area (Å²) in [7, 11) is 0. The minimum atomic E-state index is -0.446. The minimum Gasteiger partial charge on any atom is -0.486 e. The predicted molar refractivity (Wildman–Crippen MR) is 108 cm³/mol. The quantitative estimate of drug-likeness (QED) is 0.729. The maximum Gasteiger partial charge on any atom is 0.225 e. The van der Waals surface area contributed by atoms with Crippen LogP contribution in [-0.4, -0.2) is 37.1 Å². The summed E-state index contributed by atoms with van der Waals surface area (Å²) in [6.07, 6.45) is 2.45. The fourth-order valence-corrected chi connectivity index (χ4v) is 4.12. The first kappa shape index (κ1) is 19.2. The molecule has 2 heterocycles. The van der Waals surface area contributed by atoms with Gasteiger partial charge < -0.3 is 14.8 Å². The lowest BCUT2D eigenvalue weighted by Crippen LogP contribution is -2.28. The number of nitrogens with zero attached hydrogens (tertiary/aromatic N) is 1. The Bertz CT molecular complexity index is 877. The van der Waals surface area contributed by atoms with Crippen molar-refractivity contribution < 1.29 is 18.7 Å². The summed E-state index contributed by atoms with van der Waals surface area (Å²) in [5, 5.41) is 2.66. The average molecular weight is 449 g/mol. The molecule has 2 aromatic carbocycles. The number of rotatable bonds is 5. The third-order valence-electron chi connectivity index (χ3n) is 5.15. The van der Waals surface area contributed by atoms with Gasteiger partial charge in [-0.05, 0) is 55.3 Å². The fraction of sp³-hybridized carbons (Fsp3) is 0.381. The van der Waals surface area contributed by atoms with E-state index < -0.39 is 5.82 Å². The van der Waals surface area contributed by atoms with Crippen LogP contribution < -0.4 is 14.8 Å². The molecule has 0 radical (unpaired) electrons. The number of ether oxygens (including phenoxy) is 2. The highest BCUT2D eigenvalue weighted by atomic mass is 79.9. The first-order valence-electron chi connectivity index (χ1n) is 9.48. The van der Waals surface area contributed by atoms with Gasteiger partial charge in [0, 0.05) is 23.5 Å². The largest absolute Gasteiger partial charge is 0.486 e. The first-order chi connectivity index (χ1) is 13.6. The SMILES string of the molecule is O=C(CCN1CCCC1c1ccc2c(c1)OCCO2)Nc1ccc(Br)cc1F. The third kappa shape index (κ3) is 4.31. The summed E-state index contributed by atoms with van der Waals surface area (Å²) < 4.78 is 25.8. The highest BCUT2D eigenvalue weighted by Crippen LogP contribution is 2.38. The van der Waals surface area contributed by atoms with Crippen molar-refractivity contribution in [3.63, 3.8) is 0 Å². The molecule has 5 nitrogen and oxygen atoms in total. The summed E-state index contributed by atoms with van der Waals surface area (Å²) in [6.45, 7) is 2.72. The van der Waals surface area contributed by atoms with E-state index in [1.165, 1.54) is 11.6 Å². The van der Waals surface area contributed by atoms with E-state index in [0.29, 0.717) is 30.7 Å². The highest BCUT2D eigenvalue weighted by molar-refractivity contribution is 9.10. The maximum absolute atomic E-state index is 13.9. The lowest BCUT2D eigenvalue weighted by molar-refractivity contribution is -0.116. The zero-order valence-electron chi connectivity index (χ0n) is 15.4. The van der Waals surface area contributed by atoms with Crippen LogP contribution in [0.5, 0.6) is 11.5 Å². The Kier molecular flexibility index (Phi) is 5.82. The number of hydrogen-bond acceptors (Lipinski definition) is 4. The summed E-state index contributed by atoms with van der Waals surface area (Å²) in [5.41, 5.74) is 1.39. The monoisotopic (exact) mass is 448 g/mol. The fourth-order valence-electron chi connectivity index (χ4n) is 3.79. The zero-order chi connectivity index (χ0) is 19.5. The van der Waals surface area contributed by atoms with Crippen molar-refractivity contribution in [2.45, 2.75) is 25.3 Å². The number of carbonyl (C=O) groups is 1. The van der Waals surface area contributed by atoms with Crippen LogP contribution in [0.15, 0.2) is 40.9 Å². The van der Waals surface area contributed by atoms with Gasteiger partial charge >= 0.3 is 0 Å². The zero-order valence-corrected chi connectivity index (χ0v) is 17.0. The Balaban J connectivity index is 1.37. The van der Waals surface area contributed by atoms with E-state index in [4.69, 9.17) is 9.47 Å². The van der Waals surface area contributed by atoms with Gasteiger partial charge in [-0.25, -0.2) is 4.39 Å². The standard InChI is InChI=1S/C21H22BrFN2O3/c22-15-4-5-17(16(23)13-15)24-21(26)7-9-25-8-1-2-18(25)14-3-6-19-20(12-14)28-11-10-27-19/h3-6,12-13,18H,1-2,7-11H2,(H,24,26). The van der Waals surface area contributed by atoms with E-state index in [1.807, 2.05) is 6.07 Å². The minimum absolute atomic E-state index is 0.186. The van der Waals surface area contributed by atoms with E-state index in [1.54, 1.807) is 12.1 Å². The molecule has 2 aromatic rings. The molecule has 28 heavy (non-hydrogen) atoms. The summed E-state index contributed by atoms with van der Waals surface area (Å²) in [6, 6.07) is 11.0. The Morgan fingerprint density at radius 3 is 2.82 bits per heavy atom. The average Bonchev–Trinajstić information content (AvgIpc) is 3.17. The second kappa shape index (κ2) is 8.49. The Labute approximate surface area is 171 Å². The first-order valence-corrected chi connectivity index (χ1v) is 10.3. The molecule has 1 atom stereocenters. The van der Waals surface area contributed by atoms with Crippen molar-refractivity contribution in [2.75, 3.05) is 31.6 Å². The van der Waals surface area contributed by atoms with Gasteiger partial charge in [-0.1, -0.05) is 22.0 Å². The van der Waals surface area contributed by atoms with Crippen molar-refractivity contribution in [1.29, 1.82) is 0 Å². The Morgan fingerprint density at radius 2 is 2.00 bits per heavy atom. The van der Waals surface area contributed by atoms with Crippen LogP contribution >= 0.6 is 15.9 Å². The van der Waals surface area contributed by atoms with E-state index in [2.05, 4.69) is 38.3 Å². The highest BCUT2D eigenvalue weighted by Gasteiger charge is 2.27. The van der Waals surface area contributed by atoms with Crippen LogP contribution in [0.3, 0.4) is 0 Å². The number of hydrogen-bond donors (Lipinski definition) is 1. The molecule has 2 aliphatic rings. The van der Waals surface area contributed by atoms with Crippen molar-refractivity contribution in [2.24, 2.45) is 0 Å². The van der Waals surface area contributed by atoms with Gasteiger partial charge in [0.25, 0.3) is 0 Å². The molecule has 0 aromatic heterocycles. The van der Waals surface area contributed by atoms with Crippen LogP contribution in [0, 0.1) is 5.82 Å². The molecule has 2 aliphatic heterocycles. The number of likely N-dealkylation sites (tertiary alicyclic amines) is 1. The summed E-state index contributed by atoms with van der Waals surface area (Å²) in [4.78, 5) is 14.6. The molecule has 0 spiro atoms. The van der Waals surface area contributed by atoms with Crippen LogP contribution in [0.2, 0.25) is 0 Å². The molecule has 1 amide bonds. The molecular weight excluding hydrogens is 427 g/mol. The van der Waals surface area contributed by atoms with Crippen LogP contribution in [0.4, 0.5) is 10.1 Å². The van der Waals surface area contributed by atoms with E-state index in [-0.39, 0.29) is 17.6 Å².